The van der Waals surface area contributed by atoms with E-state index in [0.29, 0.717) is 18.9 Å². The third-order valence-electron chi connectivity index (χ3n) is 4.95. The quantitative estimate of drug-likeness (QED) is 0.753. The normalized spacial score (nSPS) is 24.8. The minimum Gasteiger partial charge on any atom is -0.481 e. The molecule has 3 atom stereocenters. The van der Waals surface area contributed by atoms with Crippen molar-refractivity contribution in [2.24, 2.45) is 11.8 Å². The maximum absolute atomic E-state index is 12.5. The fourth-order valence-electron chi connectivity index (χ4n) is 3.28. The number of sulfonamides is 1. The predicted molar refractivity (Wildman–Crippen MR) is 93.2 cm³/mol. The van der Waals surface area contributed by atoms with Crippen LogP contribution in [0.1, 0.15) is 19.8 Å². The number of anilines is 1. The van der Waals surface area contributed by atoms with Gasteiger partial charge in [-0.3, -0.25) is 9.59 Å². The van der Waals surface area contributed by atoms with Gasteiger partial charge < -0.3 is 14.7 Å². The minimum atomic E-state index is -3.68. The van der Waals surface area contributed by atoms with Gasteiger partial charge in [-0.15, -0.1) is 0 Å². The summed E-state index contributed by atoms with van der Waals surface area (Å²) in [5.41, 5.74) is 0.495. The van der Waals surface area contributed by atoms with Crippen molar-refractivity contribution in [3.63, 3.8) is 0 Å². The maximum Gasteiger partial charge on any atom is 0.308 e. The van der Waals surface area contributed by atoms with Crippen molar-refractivity contribution >= 4 is 27.6 Å². The molecule has 142 valence electrons. The van der Waals surface area contributed by atoms with Crippen LogP contribution in [0.4, 0.5) is 5.69 Å². The van der Waals surface area contributed by atoms with Crippen LogP contribution in [0, 0.1) is 11.8 Å². The van der Waals surface area contributed by atoms with Crippen LogP contribution < -0.4 is 9.62 Å². The molecule has 26 heavy (non-hydrogen) atoms. The molecule has 2 aliphatic rings. The first-order valence-corrected chi connectivity index (χ1v) is 9.99. The fourth-order valence-corrected chi connectivity index (χ4v) is 4.60. The Hall–Kier alpha value is -1.97. The molecule has 0 aromatic heterocycles. The number of nitrogens with one attached hydrogen (secondary N) is 1. The first-order valence-electron chi connectivity index (χ1n) is 8.51. The lowest BCUT2D eigenvalue weighted by atomic mass is 10.0. The van der Waals surface area contributed by atoms with Crippen LogP contribution in [0.25, 0.3) is 0 Å². The zero-order chi connectivity index (χ0) is 18.9. The number of ether oxygens (including phenoxy) is 1. The Morgan fingerprint density at radius 3 is 2.58 bits per heavy atom. The Morgan fingerprint density at radius 2 is 2.04 bits per heavy atom. The lowest BCUT2D eigenvalue weighted by Gasteiger charge is -2.20. The molecule has 2 N–H and O–H groups in total. The summed E-state index contributed by atoms with van der Waals surface area (Å²) in [7, 11) is -3.68. The average Bonchev–Trinajstić information content (AvgIpc) is 3.24. The number of amides is 1. The van der Waals surface area contributed by atoms with Crippen LogP contribution in [-0.2, 0) is 24.3 Å². The highest BCUT2D eigenvalue weighted by atomic mass is 32.2. The number of benzene rings is 1. The molecule has 9 heteroatoms. The minimum absolute atomic E-state index is 0.0437. The Balaban J connectivity index is 1.70. The summed E-state index contributed by atoms with van der Waals surface area (Å²) in [4.78, 5) is 24.5. The van der Waals surface area contributed by atoms with Crippen molar-refractivity contribution < 1.29 is 27.9 Å². The number of carboxylic acid groups (broad SMARTS) is 1. The number of carboxylic acids is 1. The summed E-state index contributed by atoms with van der Waals surface area (Å²) < 4.78 is 33.0. The summed E-state index contributed by atoms with van der Waals surface area (Å²) in [6.07, 6.45) is 0.780. The summed E-state index contributed by atoms with van der Waals surface area (Å²) in [6.45, 7) is 3.11. The molecule has 3 unspecified atom stereocenters. The van der Waals surface area contributed by atoms with Crippen molar-refractivity contribution in [1.82, 2.24) is 4.72 Å². The molecule has 2 fully saturated rings. The maximum atomic E-state index is 12.5. The Kier molecular flexibility index (Phi) is 5.31. The van der Waals surface area contributed by atoms with Gasteiger partial charge in [-0.2, -0.15) is 0 Å². The van der Waals surface area contributed by atoms with Crippen LogP contribution in [-0.4, -0.2) is 51.2 Å². The van der Waals surface area contributed by atoms with E-state index in [1.807, 2.05) is 6.92 Å². The lowest BCUT2D eigenvalue weighted by molar-refractivity contribution is -0.141. The van der Waals surface area contributed by atoms with E-state index in [1.165, 1.54) is 29.2 Å². The van der Waals surface area contributed by atoms with Gasteiger partial charge in [0.1, 0.15) is 0 Å². The lowest BCUT2D eigenvalue weighted by Crippen LogP contribution is -2.38. The van der Waals surface area contributed by atoms with E-state index in [2.05, 4.69) is 4.72 Å². The van der Waals surface area contributed by atoms with Gasteiger partial charge in [0.25, 0.3) is 0 Å². The average molecular weight is 382 g/mol. The van der Waals surface area contributed by atoms with Crippen molar-refractivity contribution in [3.8, 4) is 0 Å². The molecule has 2 saturated heterocycles. The molecule has 3 rings (SSSR count). The van der Waals surface area contributed by atoms with Gasteiger partial charge in [0.05, 0.1) is 17.4 Å². The fraction of sp³-hybridized carbons (Fsp3) is 0.529. The van der Waals surface area contributed by atoms with Gasteiger partial charge in [0.2, 0.25) is 15.9 Å². The summed E-state index contributed by atoms with van der Waals surface area (Å²) in [5.74, 6) is -1.86. The summed E-state index contributed by atoms with van der Waals surface area (Å²) in [5, 5.41) is 9.04. The first-order chi connectivity index (χ1) is 12.3. The van der Waals surface area contributed by atoms with Crippen molar-refractivity contribution in [2.75, 3.05) is 24.7 Å². The zero-order valence-corrected chi connectivity index (χ0v) is 15.2. The van der Waals surface area contributed by atoms with E-state index >= 15 is 0 Å². The Morgan fingerprint density at radius 1 is 1.35 bits per heavy atom. The van der Waals surface area contributed by atoms with Crippen LogP contribution in [0.15, 0.2) is 29.2 Å². The highest BCUT2D eigenvalue weighted by Gasteiger charge is 2.35. The third kappa shape index (κ3) is 3.89. The second-order valence-corrected chi connectivity index (χ2v) is 8.49. The van der Waals surface area contributed by atoms with Crippen LogP contribution >= 0.6 is 0 Å². The molecule has 0 radical (unpaired) electrons. The largest absolute Gasteiger partial charge is 0.481 e. The first kappa shape index (κ1) is 18.8. The van der Waals surface area contributed by atoms with Gasteiger partial charge in [0.15, 0.2) is 0 Å². The molecule has 8 nitrogen and oxygen atoms in total. The Bertz CT molecular complexity index is 786. The van der Waals surface area contributed by atoms with E-state index in [0.717, 1.165) is 6.42 Å². The summed E-state index contributed by atoms with van der Waals surface area (Å²) >= 11 is 0. The predicted octanol–water partition coefficient (Wildman–Crippen LogP) is 0.827. The smallest absolute Gasteiger partial charge is 0.308 e. The standard InChI is InChI=1S/C17H22N2O6S/c1-11(12-6-7-25-10-12)18-26(23,24)15-4-2-14(3-5-15)19-9-13(17(21)22)8-16(19)20/h2-5,11-13,18H,6-10H2,1H3,(H,21,22). The van der Waals surface area contributed by atoms with E-state index in [-0.39, 0.29) is 35.7 Å². The molecule has 0 aliphatic carbocycles. The second kappa shape index (κ2) is 7.34. The van der Waals surface area contributed by atoms with Crippen LogP contribution in [0.2, 0.25) is 0 Å². The van der Waals surface area contributed by atoms with Crippen molar-refractivity contribution in [1.29, 1.82) is 0 Å². The number of aliphatic carboxylic acids is 1. The van der Waals surface area contributed by atoms with Crippen LogP contribution in [0.5, 0.6) is 0 Å². The van der Waals surface area contributed by atoms with Gasteiger partial charge >= 0.3 is 5.97 Å². The Labute approximate surface area is 152 Å². The van der Waals surface area contributed by atoms with Gasteiger partial charge in [-0.1, -0.05) is 0 Å². The number of carbonyl (C=O) groups is 2. The van der Waals surface area contributed by atoms with Crippen LogP contribution in [0.3, 0.4) is 0 Å². The molecular weight excluding hydrogens is 360 g/mol. The van der Waals surface area contributed by atoms with E-state index < -0.39 is 21.9 Å². The SMILES string of the molecule is CC(NS(=O)(=O)c1ccc(N2CC(C(=O)O)CC2=O)cc1)C1CCOC1. The highest BCUT2D eigenvalue weighted by Crippen LogP contribution is 2.26. The molecule has 1 aromatic carbocycles. The molecule has 2 aliphatic heterocycles. The van der Waals surface area contributed by atoms with Gasteiger partial charge in [-0.25, -0.2) is 13.1 Å². The number of rotatable bonds is 6. The topological polar surface area (TPSA) is 113 Å². The number of nitrogens with zero attached hydrogens (tertiary/aromatic N) is 1. The molecule has 0 saturated carbocycles. The number of hydrogen-bond donors (Lipinski definition) is 2. The molecular formula is C17H22N2O6S. The molecule has 0 bridgehead atoms. The molecule has 1 amide bonds. The van der Waals surface area contributed by atoms with Crippen molar-refractivity contribution in [2.45, 2.75) is 30.7 Å². The van der Waals surface area contributed by atoms with Crippen molar-refractivity contribution in [3.05, 3.63) is 24.3 Å². The summed E-state index contributed by atoms with van der Waals surface area (Å²) in [6, 6.07) is 5.67. The highest BCUT2D eigenvalue weighted by molar-refractivity contribution is 7.89. The molecule has 0 spiro atoms. The third-order valence-corrected chi connectivity index (χ3v) is 6.52. The van der Waals surface area contributed by atoms with E-state index in [4.69, 9.17) is 9.84 Å². The molecule has 1 aromatic rings. The van der Waals surface area contributed by atoms with Gasteiger partial charge in [0, 0.05) is 37.2 Å². The van der Waals surface area contributed by atoms with E-state index in [9.17, 15) is 18.0 Å². The second-order valence-electron chi connectivity index (χ2n) is 6.77. The van der Waals surface area contributed by atoms with Gasteiger partial charge in [-0.05, 0) is 37.6 Å². The molecule has 2 heterocycles. The number of hydrogen-bond acceptors (Lipinski definition) is 5. The monoisotopic (exact) mass is 382 g/mol. The number of carbonyl (C=O) groups excluding carboxylic acids is 1. The zero-order valence-electron chi connectivity index (χ0n) is 14.4. The van der Waals surface area contributed by atoms with E-state index in [1.54, 1.807) is 0 Å².